The summed E-state index contributed by atoms with van der Waals surface area (Å²) in [6.07, 6.45) is 0. The summed E-state index contributed by atoms with van der Waals surface area (Å²) in [7, 11) is 1.30. The molecule has 0 fully saturated rings. The van der Waals surface area contributed by atoms with Crippen LogP contribution in [-0.4, -0.2) is 25.0 Å². The average Bonchev–Trinajstić information content (AvgIpc) is 3.06. The highest BCUT2D eigenvalue weighted by Crippen LogP contribution is 2.46. The Hall–Kier alpha value is -3.47. The molecule has 1 N–H and O–H groups in total. The average molecular weight is 375 g/mol. The van der Waals surface area contributed by atoms with Crippen LogP contribution in [-0.2, 0) is 9.53 Å². The number of hydrogen-bond donors (Lipinski definition) is 1. The van der Waals surface area contributed by atoms with Crippen LogP contribution in [0.2, 0.25) is 0 Å². The number of fused-ring (bicyclic) bond motifs is 3. The van der Waals surface area contributed by atoms with Gasteiger partial charge in [-0.15, -0.1) is 0 Å². The first-order valence-corrected chi connectivity index (χ1v) is 8.92. The van der Waals surface area contributed by atoms with E-state index in [0.717, 1.165) is 22.3 Å². The van der Waals surface area contributed by atoms with Crippen LogP contribution < -0.4 is 5.32 Å². The molecule has 0 aromatic heterocycles. The maximum Gasteiger partial charge on any atom is 0.329 e. The van der Waals surface area contributed by atoms with Crippen LogP contribution in [0.3, 0.4) is 0 Å². The topological polar surface area (TPSA) is 55.4 Å². The van der Waals surface area contributed by atoms with Crippen molar-refractivity contribution in [1.29, 1.82) is 0 Å². The van der Waals surface area contributed by atoms with E-state index in [2.05, 4.69) is 5.32 Å². The molecule has 1 aliphatic rings. The minimum Gasteiger partial charge on any atom is -0.467 e. The molecule has 0 unspecified atom stereocenters. The zero-order valence-electron chi connectivity index (χ0n) is 15.2. The van der Waals surface area contributed by atoms with Crippen LogP contribution in [0.15, 0.2) is 72.8 Å². The Morgan fingerprint density at radius 3 is 1.96 bits per heavy atom. The molecule has 5 heteroatoms. The van der Waals surface area contributed by atoms with Gasteiger partial charge in [0.25, 0.3) is 5.91 Å². The number of ether oxygens (including phenoxy) is 1. The number of rotatable bonds is 4. The van der Waals surface area contributed by atoms with E-state index >= 15 is 0 Å². The summed E-state index contributed by atoms with van der Waals surface area (Å²) < 4.78 is 18.2. The van der Waals surface area contributed by atoms with Gasteiger partial charge in [-0.05, 0) is 46.5 Å². The number of methoxy groups -OCH3 is 1. The van der Waals surface area contributed by atoms with E-state index in [0.29, 0.717) is 0 Å². The second-order valence-electron chi connectivity index (χ2n) is 6.63. The first-order valence-electron chi connectivity index (χ1n) is 8.92. The van der Waals surface area contributed by atoms with Gasteiger partial charge in [-0.1, -0.05) is 48.5 Å². The van der Waals surface area contributed by atoms with E-state index in [1.54, 1.807) is 0 Å². The molecule has 0 heterocycles. The minimum absolute atomic E-state index is 0.273. The second-order valence-corrected chi connectivity index (χ2v) is 6.63. The summed E-state index contributed by atoms with van der Waals surface area (Å²) in [4.78, 5) is 25.4. The third kappa shape index (κ3) is 3.05. The van der Waals surface area contributed by atoms with Crippen molar-refractivity contribution in [1.82, 2.24) is 5.32 Å². The fraction of sp³-hybridized carbons (Fsp3) is 0.130. The highest BCUT2D eigenvalue weighted by molar-refractivity contribution is 5.97. The Labute approximate surface area is 162 Å². The third-order valence-corrected chi connectivity index (χ3v) is 5.06. The number of hydrogen-bond acceptors (Lipinski definition) is 3. The fourth-order valence-corrected chi connectivity index (χ4v) is 3.78. The Kier molecular flexibility index (Phi) is 4.65. The highest BCUT2D eigenvalue weighted by Gasteiger charge is 2.39. The molecular formula is C23H18FNO3. The number of esters is 1. The molecule has 3 aromatic carbocycles. The Morgan fingerprint density at radius 2 is 1.43 bits per heavy atom. The monoisotopic (exact) mass is 375 g/mol. The van der Waals surface area contributed by atoms with E-state index in [4.69, 9.17) is 4.74 Å². The Morgan fingerprint density at radius 1 is 0.893 bits per heavy atom. The molecule has 1 aliphatic carbocycles. The molecule has 0 saturated heterocycles. The largest absolute Gasteiger partial charge is 0.467 e. The predicted octanol–water partition coefficient (Wildman–Crippen LogP) is 3.91. The van der Waals surface area contributed by atoms with E-state index in [9.17, 15) is 14.0 Å². The maximum atomic E-state index is 13.2. The van der Waals surface area contributed by atoms with Gasteiger partial charge in [0.05, 0.1) is 7.11 Å². The molecule has 0 saturated carbocycles. The van der Waals surface area contributed by atoms with Gasteiger partial charge in [-0.25, -0.2) is 9.18 Å². The van der Waals surface area contributed by atoms with Crippen molar-refractivity contribution in [2.75, 3.05) is 7.11 Å². The van der Waals surface area contributed by atoms with Crippen molar-refractivity contribution >= 4 is 11.9 Å². The van der Waals surface area contributed by atoms with Crippen molar-refractivity contribution in [2.45, 2.75) is 12.0 Å². The zero-order chi connectivity index (χ0) is 19.7. The van der Waals surface area contributed by atoms with Gasteiger partial charge in [-0.3, -0.25) is 4.79 Å². The molecule has 0 bridgehead atoms. The van der Waals surface area contributed by atoms with Crippen LogP contribution in [0, 0.1) is 5.82 Å². The molecule has 3 aromatic rings. The van der Waals surface area contributed by atoms with Gasteiger partial charge >= 0.3 is 5.97 Å². The summed E-state index contributed by atoms with van der Waals surface area (Å²) in [5, 5.41) is 2.79. The third-order valence-electron chi connectivity index (χ3n) is 5.06. The van der Waals surface area contributed by atoms with Crippen LogP contribution in [0.4, 0.5) is 4.39 Å². The second kappa shape index (κ2) is 7.27. The lowest BCUT2D eigenvalue weighted by Crippen LogP contribution is -2.45. The molecule has 1 atom stereocenters. The molecule has 28 heavy (non-hydrogen) atoms. The van der Waals surface area contributed by atoms with Gasteiger partial charge in [0, 0.05) is 11.5 Å². The molecular weight excluding hydrogens is 357 g/mol. The molecule has 0 radical (unpaired) electrons. The number of carbonyl (C=O) groups excluding carboxylic acids is 2. The van der Waals surface area contributed by atoms with E-state index < -0.39 is 23.7 Å². The van der Waals surface area contributed by atoms with Gasteiger partial charge in [0.2, 0.25) is 0 Å². The maximum absolute atomic E-state index is 13.2. The number of nitrogens with one attached hydrogen (secondary N) is 1. The van der Waals surface area contributed by atoms with E-state index in [1.165, 1.54) is 31.4 Å². The van der Waals surface area contributed by atoms with E-state index in [1.807, 2.05) is 48.5 Å². The standard InChI is InChI=1S/C23H18FNO3/c1-28-23(27)21(25-22(26)14-10-12-15(24)13-11-14)20-18-8-4-2-6-16(18)17-7-3-5-9-19(17)20/h2-13,20-21H,1H3,(H,25,26)/t21-/m0/s1. The molecule has 0 spiro atoms. The van der Waals surface area contributed by atoms with Crippen LogP contribution in [0.1, 0.15) is 27.4 Å². The van der Waals surface area contributed by atoms with Crippen molar-refractivity contribution in [3.05, 3.63) is 95.3 Å². The first-order chi connectivity index (χ1) is 13.6. The Bertz CT molecular complexity index is 1000. The number of halogens is 1. The van der Waals surface area contributed by atoms with Gasteiger partial charge in [0.1, 0.15) is 11.9 Å². The lowest BCUT2D eigenvalue weighted by Gasteiger charge is -2.24. The lowest BCUT2D eigenvalue weighted by molar-refractivity contribution is -0.143. The summed E-state index contributed by atoms with van der Waals surface area (Å²) >= 11 is 0. The van der Waals surface area contributed by atoms with Crippen LogP contribution in [0.5, 0.6) is 0 Å². The lowest BCUT2D eigenvalue weighted by atomic mass is 9.89. The Balaban J connectivity index is 1.75. The zero-order valence-corrected chi connectivity index (χ0v) is 15.2. The molecule has 4 rings (SSSR count). The van der Waals surface area contributed by atoms with Crippen molar-refractivity contribution in [2.24, 2.45) is 0 Å². The normalized spacial score (nSPS) is 13.4. The predicted molar refractivity (Wildman–Crippen MR) is 103 cm³/mol. The molecule has 1 amide bonds. The van der Waals surface area contributed by atoms with Crippen molar-refractivity contribution < 1.29 is 18.7 Å². The van der Waals surface area contributed by atoms with Crippen molar-refractivity contribution in [3.8, 4) is 11.1 Å². The number of carbonyl (C=O) groups is 2. The number of amides is 1. The number of benzene rings is 3. The fourth-order valence-electron chi connectivity index (χ4n) is 3.78. The smallest absolute Gasteiger partial charge is 0.329 e. The first kappa shape index (κ1) is 17.9. The summed E-state index contributed by atoms with van der Waals surface area (Å²) in [5.41, 5.74) is 4.26. The van der Waals surface area contributed by atoms with Gasteiger partial charge < -0.3 is 10.1 Å². The van der Waals surface area contributed by atoms with E-state index in [-0.39, 0.29) is 11.5 Å². The van der Waals surface area contributed by atoms with Gasteiger partial charge in [0.15, 0.2) is 0 Å². The highest BCUT2D eigenvalue weighted by atomic mass is 19.1. The quantitative estimate of drug-likeness (QED) is 0.704. The molecule has 4 nitrogen and oxygen atoms in total. The summed E-state index contributed by atoms with van der Waals surface area (Å²) in [5.74, 6) is -1.80. The van der Waals surface area contributed by atoms with Crippen LogP contribution >= 0.6 is 0 Å². The molecule has 140 valence electrons. The summed E-state index contributed by atoms with van der Waals surface area (Å²) in [6.45, 7) is 0. The minimum atomic E-state index is -0.910. The van der Waals surface area contributed by atoms with Crippen molar-refractivity contribution in [3.63, 3.8) is 0 Å². The molecule has 0 aliphatic heterocycles. The summed E-state index contributed by atoms with van der Waals surface area (Å²) in [6, 6.07) is 19.9. The van der Waals surface area contributed by atoms with Crippen LogP contribution in [0.25, 0.3) is 11.1 Å². The van der Waals surface area contributed by atoms with Gasteiger partial charge in [-0.2, -0.15) is 0 Å². The SMILES string of the molecule is COC(=O)[C@@H](NC(=O)c1ccc(F)cc1)C1c2ccccc2-c2ccccc21.